The number of hydrogen-bond donors (Lipinski definition) is 1. The fourth-order valence-corrected chi connectivity index (χ4v) is 2.15. The number of hydrogen-bond acceptors (Lipinski definition) is 5. The molecule has 0 unspecified atom stereocenters. The van der Waals surface area contributed by atoms with Gasteiger partial charge in [-0.2, -0.15) is 5.26 Å². The summed E-state index contributed by atoms with van der Waals surface area (Å²) in [5.41, 5.74) is -0.660. The highest BCUT2D eigenvalue weighted by atomic mass is 32.2. The smallest absolute Gasteiger partial charge is 0.322 e. The van der Waals surface area contributed by atoms with Gasteiger partial charge in [0.1, 0.15) is 17.4 Å². The summed E-state index contributed by atoms with van der Waals surface area (Å²) in [6.45, 7) is 0. The number of carbonyl (C=O) groups excluding carboxylic acids is 1. The molecule has 0 atom stereocenters. The summed E-state index contributed by atoms with van der Waals surface area (Å²) in [7, 11) is -3.00. The van der Waals surface area contributed by atoms with E-state index in [1.807, 2.05) is 4.72 Å². The van der Waals surface area contributed by atoms with E-state index in [0.29, 0.717) is 0 Å². The van der Waals surface area contributed by atoms with Crippen LogP contribution in [0.4, 0.5) is 10.1 Å². The van der Waals surface area contributed by atoms with Crippen molar-refractivity contribution in [2.75, 3.05) is 17.6 Å². The van der Waals surface area contributed by atoms with E-state index in [9.17, 15) is 17.6 Å². The van der Waals surface area contributed by atoms with Crippen LogP contribution in [-0.2, 0) is 19.6 Å². The highest BCUT2D eigenvalue weighted by Crippen LogP contribution is 2.19. The van der Waals surface area contributed by atoms with Gasteiger partial charge in [-0.15, -0.1) is 0 Å². The first kappa shape index (κ1) is 13.9. The first-order chi connectivity index (χ1) is 8.39. The van der Waals surface area contributed by atoms with Crippen molar-refractivity contribution < 1.29 is 22.3 Å². The molecule has 0 amide bonds. The van der Waals surface area contributed by atoms with Gasteiger partial charge >= 0.3 is 5.97 Å². The molecule has 0 saturated heterocycles. The molecule has 0 aromatic heterocycles. The zero-order chi connectivity index (χ0) is 13.8. The Labute approximate surface area is 103 Å². The third-order valence-electron chi connectivity index (χ3n) is 1.93. The largest absolute Gasteiger partial charge is 0.468 e. The van der Waals surface area contributed by atoms with E-state index in [4.69, 9.17) is 5.26 Å². The molecule has 0 spiro atoms. The number of nitriles is 1. The van der Waals surface area contributed by atoms with Crippen molar-refractivity contribution in [3.63, 3.8) is 0 Å². The predicted octanol–water partition coefficient (Wildman–Crippen LogP) is 0.612. The Hall–Kier alpha value is -2.14. The summed E-state index contributed by atoms with van der Waals surface area (Å²) in [6.07, 6.45) is 0. The maximum absolute atomic E-state index is 13.2. The third-order valence-corrected chi connectivity index (χ3v) is 3.07. The minimum Gasteiger partial charge on any atom is -0.468 e. The first-order valence-corrected chi connectivity index (χ1v) is 6.31. The van der Waals surface area contributed by atoms with Gasteiger partial charge in [-0.1, -0.05) is 6.07 Å². The van der Waals surface area contributed by atoms with Crippen molar-refractivity contribution in [2.24, 2.45) is 0 Å². The summed E-state index contributed by atoms with van der Waals surface area (Å²) >= 11 is 0. The van der Waals surface area contributed by atoms with Crippen molar-refractivity contribution in [3.8, 4) is 6.07 Å². The topological polar surface area (TPSA) is 96.3 Å². The molecular weight excluding hydrogens is 263 g/mol. The molecule has 1 rings (SSSR count). The van der Waals surface area contributed by atoms with Gasteiger partial charge in [-0.3, -0.25) is 9.52 Å². The van der Waals surface area contributed by atoms with Crippen LogP contribution in [-0.4, -0.2) is 27.2 Å². The zero-order valence-corrected chi connectivity index (χ0v) is 10.1. The van der Waals surface area contributed by atoms with E-state index in [2.05, 4.69) is 4.74 Å². The van der Waals surface area contributed by atoms with Gasteiger partial charge < -0.3 is 4.74 Å². The van der Waals surface area contributed by atoms with E-state index in [-0.39, 0.29) is 5.69 Å². The van der Waals surface area contributed by atoms with Crippen LogP contribution in [0, 0.1) is 17.1 Å². The van der Waals surface area contributed by atoms with Crippen molar-refractivity contribution in [2.45, 2.75) is 0 Å². The summed E-state index contributed by atoms with van der Waals surface area (Å²) in [5, 5.41) is 8.71. The van der Waals surface area contributed by atoms with Crippen LogP contribution >= 0.6 is 0 Å². The van der Waals surface area contributed by atoms with Crippen LogP contribution < -0.4 is 4.72 Å². The Morgan fingerprint density at radius 2 is 2.22 bits per heavy atom. The molecule has 0 fully saturated rings. The van der Waals surface area contributed by atoms with Crippen LogP contribution in [0.3, 0.4) is 0 Å². The quantitative estimate of drug-likeness (QED) is 0.810. The van der Waals surface area contributed by atoms with Gasteiger partial charge in [0.15, 0.2) is 5.75 Å². The lowest BCUT2D eigenvalue weighted by molar-refractivity contribution is -0.137. The summed E-state index contributed by atoms with van der Waals surface area (Å²) in [5.74, 6) is -2.72. The fourth-order valence-electron chi connectivity index (χ4n) is 1.14. The van der Waals surface area contributed by atoms with Gasteiger partial charge in [0, 0.05) is 0 Å². The van der Waals surface area contributed by atoms with Crippen molar-refractivity contribution in [1.82, 2.24) is 0 Å². The van der Waals surface area contributed by atoms with Gasteiger partial charge in [-0.05, 0) is 12.1 Å². The molecule has 0 aliphatic carbocycles. The van der Waals surface area contributed by atoms with Crippen molar-refractivity contribution in [3.05, 3.63) is 29.6 Å². The summed E-state index contributed by atoms with van der Waals surface area (Å²) < 4.78 is 42.4. The molecule has 8 heteroatoms. The number of carbonyl (C=O) groups is 1. The molecule has 6 nitrogen and oxygen atoms in total. The maximum Gasteiger partial charge on any atom is 0.322 e. The molecule has 0 saturated carbocycles. The van der Waals surface area contributed by atoms with E-state index in [1.165, 1.54) is 18.2 Å². The number of halogens is 1. The molecule has 96 valence electrons. The first-order valence-electron chi connectivity index (χ1n) is 4.65. The van der Waals surface area contributed by atoms with Crippen molar-refractivity contribution >= 4 is 21.7 Å². The molecule has 1 aromatic rings. The molecule has 0 radical (unpaired) electrons. The second-order valence-electron chi connectivity index (χ2n) is 3.21. The van der Waals surface area contributed by atoms with Crippen LogP contribution in [0.15, 0.2) is 18.2 Å². The Morgan fingerprint density at radius 1 is 1.56 bits per heavy atom. The van der Waals surface area contributed by atoms with Gasteiger partial charge in [0.25, 0.3) is 0 Å². The number of nitrogens with zero attached hydrogens (tertiary/aromatic N) is 1. The SMILES string of the molecule is COC(=O)CS(=O)(=O)Nc1cccc(F)c1C#N. The van der Waals surface area contributed by atoms with Gasteiger partial charge in [0.05, 0.1) is 12.8 Å². The lowest BCUT2D eigenvalue weighted by Crippen LogP contribution is -2.24. The number of ether oxygens (including phenoxy) is 1. The highest BCUT2D eigenvalue weighted by Gasteiger charge is 2.19. The zero-order valence-electron chi connectivity index (χ0n) is 9.31. The molecule has 0 bridgehead atoms. The van der Waals surface area contributed by atoms with Crippen LogP contribution in [0.25, 0.3) is 0 Å². The minimum atomic E-state index is -4.04. The number of sulfonamides is 1. The number of methoxy groups -OCH3 is 1. The van der Waals surface area contributed by atoms with Crippen LogP contribution in [0.1, 0.15) is 5.56 Å². The molecule has 18 heavy (non-hydrogen) atoms. The Bertz CT molecular complexity index is 607. The number of esters is 1. The normalized spacial score (nSPS) is 10.5. The molecule has 0 aliphatic heterocycles. The second kappa shape index (κ2) is 5.46. The van der Waals surface area contributed by atoms with Gasteiger partial charge in [0.2, 0.25) is 10.0 Å². The predicted molar refractivity (Wildman–Crippen MR) is 60.5 cm³/mol. The monoisotopic (exact) mass is 272 g/mol. The highest BCUT2D eigenvalue weighted by molar-refractivity contribution is 7.93. The van der Waals surface area contributed by atoms with Crippen LogP contribution in [0.2, 0.25) is 0 Å². The summed E-state index contributed by atoms with van der Waals surface area (Å²) in [4.78, 5) is 10.9. The number of rotatable bonds is 4. The van der Waals surface area contributed by atoms with E-state index < -0.39 is 33.1 Å². The Balaban J connectivity index is 3.02. The lowest BCUT2D eigenvalue weighted by atomic mass is 10.2. The number of benzene rings is 1. The molecule has 0 aliphatic rings. The van der Waals surface area contributed by atoms with E-state index in [1.54, 1.807) is 0 Å². The maximum atomic E-state index is 13.2. The summed E-state index contributed by atoms with van der Waals surface area (Å²) in [6, 6.07) is 5.02. The molecule has 0 heterocycles. The van der Waals surface area contributed by atoms with Crippen molar-refractivity contribution in [1.29, 1.82) is 5.26 Å². The fraction of sp³-hybridized carbons (Fsp3) is 0.200. The average Bonchev–Trinajstić information content (AvgIpc) is 2.28. The second-order valence-corrected chi connectivity index (χ2v) is 4.93. The van der Waals surface area contributed by atoms with E-state index in [0.717, 1.165) is 13.2 Å². The lowest BCUT2D eigenvalue weighted by Gasteiger charge is -2.08. The van der Waals surface area contributed by atoms with E-state index >= 15 is 0 Å². The number of anilines is 1. The third kappa shape index (κ3) is 3.43. The average molecular weight is 272 g/mol. The molecule has 1 N–H and O–H groups in total. The van der Waals surface area contributed by atoms with Crippen LogP contribution in [0.5, 0.6) is 0 Å². The molecule has 1 aromatic carbocycles. The molecular formula is C10H9FN2O4S. The minimum absolute atomic E-state index is 0.221. The Kier molecular flexibility index (Phi) is 4.23. The Morgan fingerprint density at radius 3 is 2.78 bits per heavy atom. The standard InChI is InChI=1S/C10H9FN2O4S/c1-17-10(14)6-18(15,16)13-9-4-2-3-8(11)7(9)5-12/h2-4,13H,6H2,1H3. The van der Waals surface area contributed by atoms with Gasteiger partial charge in [-0.25, -0.2) is 12.8 Å². The number of nitrogens with one attached hydrogen (secondary N) is 1.